The summed E-state index contributed by atoms with van der Waals surface area (Å²) in [5.41, 5.74) is 5.76. The number of halogens is 1. The first-order valence-corrected chi connectivity index (χ1v) is 6.55. The van der Waals surface area contributed by atoms with Crippen LogP contribution in [0.25, 0.3) is 0 Å². The molecule has 0 heterocycles. The summed E-state index contributed by atoms with van der Waals surface area (Å²) in [6, 6.07) is 4.07. The highest BCUT2D eigenvalue weighted by Gasteiger charge is 2.29. The van der Waals surface area contributed by atoms with Gasteiger partial charge in [-0.15, -0.1) is 0 Å². The number of anilines is 1. The maximum absolute atomic E-state index is 13.1. The van der Waals surface area contributed by atoms with E-state index in [4.69, 9.17) is 5.73 Å². The van der Waals surface area contributed by atoms with Crippen molar-refractivity contribution >= 4 is 15.5 Å². The second-order valence-corrected chi connectivity index (χ2v) is 7.47. The van der Waals surface area contributed by atoms with Gasteiger partial charge < -0.3 is 5.73 Å². The predicted molar refractivity (Wildman–Crippen MR) is 63.2 cm³/mol. The van der Waals surface area contributed by atoms with Crippen molar-refractivity contribution in [3.8, 4) is 0 Å². The fourth-order valence-electron chi connectivity index (χ4n) is 1.10. The molecule has 0 saturated heterocycles. The van der Waals surface area contributed by atoms with E-state index >= 15 is 0 Å². The summed E-state index contributed by atoms with van der Waals surface area (Å²) in [6.07, 6.45) is 0. The molecule has 16 heavy (non-hydrogen) atoms. The Morgan fingerprint density at radius 1 is 1.31 bits per heavy atom. The van der Waals surface area contributed by atoms with Gasteiger partial charge in [-0.3, -0.25) is 0 Å². The zero-order valence-corrected chi connectivity index (χ0v) is 10.4. The van der Waals surface area contributed by atoms with E-state index in [-0.39, 0.29) is 11.4 Å². The molecule has 3 nitrogen and oxygen atoms in total. The molecule has 0 bridgehead atoms. The topological polar surface area (TPSA) is 60.2 Å². The minimum atomic E-state index is -3.29. The van der Waals surface area contributed by atoms with Crippen LogP contribution < -0.4 is 5.73 Å². The molecular weight excluding hydrogens is 229 g/mol. The van der Waals surface area contributed by atoms with Crippen LogP contribution in [0.4, 0.5) is 10.1 Å². The zero-order chi connectivity index (χ0) is 12.6. The highest BCUT2D eigenvalue weighted by Crippen LogP contribution is 2.22. The van der Waals surface area contributed by atoms with E-state index in [0.717, 1.165) is 0 Å². The molecule has 1 aromatic carbocycles. The third-order valence-corrected chi connectivity index (χ3v) is 4.93. The second kappa shape index (κ2) is 4.05. The van der Waals surface area contributed by atoms with Gasteiger partial charge in [0.2, 0.25) is 0 Å². The first kappa shape index (κ1) is 13.0. The van der Waals surface area contributed by atoms with E-state index in [9.17, 15) is 12.8 Å². The van der Waals surface area contributed by atoms with Gasteiger partial charge in [0.1, 0.15) is 5.82 Å². The fraction of sp³-hybridized carbons (Fsp3) is 0.455. The Hall–Kier alpha value is -1.10. The zero-order valence-electron chi connectivity index (χ0n) is 9.62. The van der Waals surface area contributed by atoms with Crippen LogP contribution in [0.15, 0.2) is 18.2 Å². The van der Waals surface area contributed by atoms with Gasteiger partial charge in [0.15, 0.2) is 9.84 Å². The predicted octanol–water partition coefficient (Wildman–Crippen LogP) is 2.12. The lowest BCUT2D eigenvalue weighted by Crippen LogP contribution is -2.29. The minimum absolute atomic E-state index is 0.0249. The molecule has 0 fully saturated rings. The summed E-state index contributed by atoms with van der Waals surface area (Å²) in [5.74, 6) is -0.755. The third kappa shape index (κ3) is 2.72. The van der Waals surface area contributed by atoms with Crippen molar-refractivity contribution in [1.29, 1.82) is 0 Å². The molecular formula is C11H16FNO2S. The summed E-state index contributed by atoms with van der Waals surface area (Å²) >= 11 is 0. The molecule has 2 N–H and O–H groups in total. The molecule has 0 aliphatic heterocycles. The normalized spacial score (nSPS) is 12.8. The number of sulfone groups is 1. The average Bonchev–Trinajstić information content (AvgIpc) is 2.09. The highest BCUT2D eigenvalue weighted by atomic mass is 32.2. The number of hydrogen-bond donors (Lipinski definition) is 1. The molecule has 1 aromatic rings. The van der Waals surface area contributed by atoms with Crippen LogP contribution in [0.2, 0.25) is 0 Å². The average molecular weight is 245 g/mol. The maximum atomic E-state index is 13.1. The first-order valence-electron chi connectivity index (χ1n) is 4.90. The van der Waals surface area contributed by atoms with Gasteiger partial charge in [-0.1, -0.05) is 6.07 Å². The number of benzene rings is 1. The molecule has 5 heteroatoms. The van der Waals surface area contributed by atoms with Gasteiger partial charge in [0.25, 0.3) is 0 Å². The Morgan fingerprint density at radius 2 is 1.88 bits per heavy atom. The Balaban J connectivity index is 3.03. The van der Waals surface area contributed by atoms with Crippen molar-refractivity contribution in [2.45, 2.75) is 31.3 Å². The molecule has 0 atom stereocenters. The number of nitrogens with two attached hydrogens (primary N) is 1. The fourth-order valence-corrected chi connectivity index (χ4v) is 2.15. The number of hydrogen-bond acceptors (Lipinski definition) is 3. The molecule has 0 radical (unpaired) electrons. The SMILES string of the molecule is CC(C)(C)S(=O)(=O)Cc1ccc(N)c(F)c1. The Labute approximate surface area is 95.4 Å². The molecule has 0 spiro atoms. The molecule has 0 aliphatic carbocycles. The van der Waals surface area contributed by atoms with Crippen molar-refractivity contribution in [3.05, 3.63) is 29.6 Å². The molecule has 1 rings (SSSR count). The molecule has 90 valence electrons. The van der Waals surface area contributed by atoms with Gasteiger partial charge in [-0.25, -0.2) is 12.8 Å². The maximum Gasteiger partial charge on any atom is 0.159 e. The lowest BCUT2D eigenvalue weighted by atomic mass is 10.2. The minimum Gasteiger partial charge on any atom is -0.396 e. The van der Waals surface area contributed by atoms with Crippen molar-refractivity contribution < 1.29 is 12.8 Å². The van der Waals surface area contributed by atoms with Crippen LogP contribution in [0.1, 0.15) is 26.3 Å². The van der Waals surface area contributed by atoms with Crippen molar-refractivity contribution in [2.24, 2.45) is 0 Å². The lowest BCUT2D eigenvalue weighted by molar-refractivity contribution is 0.559. The van der Waals surface area contributed by atoms with Crippen LogP contribution in [0.5, 0.6) is 0 Å². The van der Waals surface area contributed by atoms with Gasteiger partial charge in [-0.2, -0.15) is 0 Å². The van der Waals surface area contributed by atoms with Gasteiger partial charge in [0.05, 0.1) is 16.2 Å². The Kier molecular flexibility index (Phi) is 3.28. The quantitative estimate of drug-likeness (QED) is 0.812. The van der Waals surface area contributed by atoms with Crippen LogP contribution >= 0.6 is 0 Å². The van der Waals surface area contributed by atoms with Crippen molar-refractivity contribution in [3.63, 3.8) is 0 Å². The van der Waals surface area contributed by atoms with E-state index in [2.05, 4.69) is 0 Å². The van der Waals surface area contributed by atoms with Crippen molar-refractivity contribution in [1.82, 2.24) is 0 Å². The smallest absolute Gasteiger partial charge is 0.159 e. The van der Waals surface area contributed by atoms with Crippen LogP contribution in [0, 0.1) is 5.82 Å². The van der Waals surface area contributed by atoms with E-state index in [0.29, 0.717) is 5.56 Å². The number of rotatable bonds is 2. The van der Waals surface area contributed by atoms with Crippen molar-refractivity contribution in [2.75, 3.05) is 5.73 Å². The van der Waals surface area contributed by atoms with Crippen LogP contribution in [-0.2, 0) is 15.6 Å². The van der Waals surface area contributed by atoms with E-state index in [1.54, 1.807) is 20.8 Å². The van der Waals surface area contributed by atoms with E-state index < -0.39 is 20.4 Å². The Bertz CT molecular complexity index is 489. The molecule has 0 saturated carbocycles. The summed E-state index contributed by atoms with van der Waals surface area (Å²) < 4.78 is 36.0. The second-order valence-electron chi connectivity index (χ2n) is 4.73. The standard InChI is InChI=1S/C11H16FNO2S/c1-11(2,3)16(14,15)7-8-4-5-10(13)9(12)6-8/h4-6H,7,13H2,1-3H3. The molecule has 0 unspecified atom stereocenters. The van der Waals surface area contributed by atoms with E-state index in [1.807, 2.05) is 0 Å². The van der Waals surface area contributed by atoms with Gasteiger partial charge >= 0.3 is 0 Å². The summed E-state index contributed by atoms with van der Waals surface area (Å²) in [7, 11) is -3.29. The monoisotopic (exact) mass is 245 g/mol. The third-order valence-electron chi connectivity index (χ3n) is 2.35. The van der Waals surface area contributed by atoms with Gasteiger partial charge in [0, 0.05) is 0 Å². The largest absolute Gasteiger partial charge is 0.396 e. The lowest BCUT2D eigenvalue weighted by Gasteiger charge is -2.19. The summed E-state index contributed by atoms with van der Waals surface area (Å²) in [4.78, 5) is 0. The van der Waals surface area contributed by atoms with Crippen LogP contribution in [-0.4, -0.2) is 13.2 Å². The summed E-state index contributed by atoms with van der Waals surface area (Å²) in [5, 5.41) is 0. The molecule has 0 amide bonds. The summed E-state index contributed by atoms with van der Waals surface area (Å²) in [6.45, 7) is 4.86. The van der Waals surface area contributed by atoms with E-state index in [1.165, 1.54) is 18.2 Å². The Morgan fingerprint density at radius 3 is 2.31 bits per heavy atom. The molecule has 0 aliphatic rings. The first-order chi connectivity index (χ1) is 7.13. The highest BCUT2D eigenvalue weighted by molar-refractivity contribution is 7.91. The number of nitrogen functional groups attached to an aromatic ring is 1. The molecule has 0 aromatic heterocycles. The van der Waals surface area contributed by atoms with Gasteiger partial charge in [-0.05, 0) is 38.5 Å². The van der Waals surface area contributed by atoms with Crippen LogP contribution in [0.3, 0.4) is 0 Å².